The molecule has 0 radical (unpaired) electrons. The Kier molecular flexibility index (Phi) is 3.71. The average Bonchev–Trinajstić information content (AvgIpc) is 3.19. The average molecular weight is 381 g/mol. The number of esters is 1. The lowest BCUT2D eigenvalue weighted by molar-refractivity contribution is -0.150. The molecule has 1 saturated heterocycles. The van der Waals surface area contributed by atoms with E-state index in [0.717, 1.165) is 15.3 Å². The van der Waals surface area contributed by atoms with Gasteiger partial charge in [0.15, 0.2) is 10.7 Å². The van der Waals surface area contributed by atoms with Gasteiger partial charge in [0.1, 0.15) is 12.6 Å². The second kappa shape index (κ2) is 6.24. The van der Waals surface area contributed by atoms with Gasteiger partial charge in [0.2, 0.25) is 0 Å². The molecule has 0 aliphatic carbocycles. The molecule has 27 heavy (non-hydrogen) atoms. The summed E-state index contributed by atoms with van der Waals surface area (Å²) >= 11 is 1.63. The summed E-state index contributed by atoms with van der Waals surface area (Å²) in [5, 5.41) is 0.931. The van der Waals surface area contributed by atoms with Crippen LogP contribution >= 0.6 is 11.3 Å². The summed E-state index contributed by atoms with van der Waals surface area (Å²) in [5.74, 6) is -1.00. The molecule has 4 aromatic rings. The van der Waals surface area contributed by atoms with E-state index in [4.69, 9.17) is 9.15 Å². The summed E-state index contributed by atoms with van der Waals surface area (Å²) in [5.41, 5.74) is 2.02. The number of aromatic nitrogens is 2. The third-order valence-corrected chi connectivity index (χ3v) is 5.66. The minimum atomic E-state index is -0.558. The summed E-state index contributed by atoms with van der Waals surface area (Å²) in [7, 11) is 0. The molecule has 7 nitrogen and oxygen atoms in total. The van der Waals surface area contributed by atoms with Crippen LogP contribution in [0.3, 0.4) is 0 Å². The molecule has 2 aromatic carbocycles. The molecular formula is C19H15N3O4S. The van der Waals surface area contributed by atoms with E-state index in [1.54, 1.807) is 35.6 Å². The summed E-state index contributed by atoms with van der Waals surface area (Å²) < 4.78 is 13.0. The zero-order valence-electron chi connectivity index (χ0n) is 14.2. The molecule has 2 aromatic heterocycles. The summed E-state index contributed by atoms with van der Waals surface area (Å²) in [6, 6.07) is 15.0. The molecule has 1 aliphatic rings. The number of fused-ring (bicyclic) bond motifs is 2. The SMILES string of the molecule is O=C(Cn1c(=O)oc2ccccc21)OC1CN(c2nc3ccccc3s2)C1. The van der Waals surface area contributed by atoms with Crippen LogP contribution in [0.4, 0.5) is 5.13 Å². The van der Waals surface area contributed by atoms with Crippen molar-refractivity contribution in [1.82, 2.24) is 9.55 Å². The number of hydrogen-bond acceptors (Lipinski definition) is 7. The van der Waals surface area contributed by atoms with Crippen LogP contribution < -0.4 is 10.7 Å². The first-order chi connectivity index (χ1) is 13.2. The maximum absolute atomic E-state index is 12.2. The van der Waals surface area contributed by atoms with Gasteiger partial charge in [-0.1, -0.05) is 35.6 Å². The van der Waals surface area contributed by atoms with Gasteiger partial charge in [0, 0.05) is 0 Å². The molecule has 0 bridgehead atoms. The Balaban J connectivity index is 1.22. The number of para-hydroxylation sites is 3. The molecule has 0 unspecified atom stereocenters. The van der Waals surface area contributed by atoms with E-state index in [9.17, 15) is 9.59 Å². The number of anilines is 1. The van der Waals surface area contributed by atoms with E-state index in [0.29, 0.717) is 24.2 Å². The predicted octanol–water partition coefficient (Wildman–Crippen LogP) is 2.64. The summed E-state index contributed by atoms with van der Waals surface area (Å²) in [6.45, 7) is 1.05. The standard InChI is InChI=1S/C19H15N3O4S/c23-17(11-22-14-6-2-3-7-15(14)26-19(22)24)25-12-9-21(10-12)18-20-13-5-1-4-8-16(13)27-18/h1-8,12H,9-11H2. The van der Waals surface area contributed by atoms with Crippen LogP contribution in [0.5, 0.6) is 0 Å². The number of ether oxygens (including phenoxy) is 1. The lowest BCUT2D eigenvalue weighted by Crippen LogP contribution is -2.53. The number of nitrogens with zero attached hydrogens (tertiary/aromatic N) is 3. The van der Waals surface area contributed by atoms with E-state index in [2.05, 4.69) is 9.88 Å². The summed E-state index contributed by atoms with van der Waals surface area (Å²) in [4.78, 5) is 30.9. The van der Waals surface area contributed by atoms with Gasteiger partial charge >= 0.3 is 11.7 Å². The lowest BCUT2D eigenvalue weighted by Gasteiger charge is -2.38. The Morgan fingerprint density at radius 3 is 2.81 bits per heavy atom. The van der Waals surface area contributed by atoms with Gasteiger partial charge in [-0.2, -0.15) is 0 Å². The quantitative estimate of drug-likeness (QED) is 0.506. The number of carbonyl (C=O) groups is 1. The molecule has 136 valence electrons. The first-order valence-electron chi connectivity index (χ1n) is 8.56. The molecule has 3 heterocycles. The number of rotatable bonds is 4. The van der Waals surface area contributed by atoms with Crippen LogP contribution in [-0.2, 0) is 16.1 Å². The van der Waals surface area contributed by atoms with Crippen molar-refractivity contribution in [3.63, 3.8) is 0 Å². The monoisotopic (exact) mass is 381 g/mol. The van der Waals surface area contributed by atoms with Crippen molar-refractivity contribution in [3.05, 3.63) is 59.1 Å². The maximum atomic E-state index is 12.2. The summed E-state index contributed by atoms with van der Waals surface area (Å²) in [6.07, 6.45) is -0.196. The van der Waals surface area contributed by atoms with Gasteiger partial charge in [-0.05, 0) is 24.3 Å². The molecule has 0 spiro atoms. The topological polar surface area (TPSA) is 77.6 Å². The van der Waals surface area contributed by atoms with Crippen molar-refractivity contribution >= 4 is 43.8 Å². The second-order valence-electron chi connectivity index (χ2n) is 6.40. The fourth-order valence-corrected chi connectivity index (χ4v) is 4.16. The Bertz CT molecular complexity index is 1170. The number of carbonyl (C=O) groups excluding carboxylic acids is 1. The lowest BCUT2D eigenvalue weighted by atomic mass is 10.2. The molecular weight excluding hydrogens is 366 g/mol. The Hall–Kier alpha value is -3.13. The van der Waals surface area contributed by atoms with E-state index in [-0.39, 0.29) is 12.6 Å². The van der Waals surface area contributed by atoms with Crippen LogP contribution in [0.25, 0.3) is 21.3 Å². The van der Waals surface area contributed by atoms with Crippen LogP contribution in [0, 0.1) is 0 Å². The zero-order chi connectivity index (χ0) is 18.4. The Labute approximate surface area is 157 Å². The molecule has 1 aliphatic heterocycles. The molecule has 5 rings (SSSR count). The van der Waals surface area contributed by atoms with Crippen molar-refractivity contribution in [3.8, 4) is 0 Å². The highest BCUT2D eigenvalue weighted by atomic mass is 32.1. The molecule has 1 fully saturated rings. The highest BCUT2D eigenvalue weighted by molar-refractivity contribution is 7.22. The van der Waals surface area contributed by atoms with E-state index in [1.165, 1.54) is 4.57 Å². The zero-order valence-corrected chi connectivity index (χ0v) is 15.0. The van der Waals surface area contributed by atoms with Gasteiger partial charge in [-0.3, -0.25) is 9.36 Å². The smallest absolute Gasteiger partial charge is 0.420 e. The Morgan fingerprint density at radius 2 is 1.96 bits per heavy atom. The van der Waals surface area contributed by atoms with E-state index >= 15 is 0 Å². The number of benzene rings is 2. The van der Waals surface area contributed by atoms with Gasteiger partial charge < -0.3 is 14.1 Å². The van der Waals surface area contributed by atoms with Crippen molar-refractivity contribution in [2.24, 2.45) is 0 Å². The van der Waals surface area contributed by atoms with Gasteiger partial charge in [0.05, 0.1) is 28.8 Å². The third-order valence-electron chi connectivity index (χ3n) is 4.56. The fraction of sp³-hybridized carbons (Fsp3) is 0.211. The number of thiazole rings is 1. The molecule has 0 atom stereocenters. The molecule has 0 saturated carbocycles. The maximum Gasteiger partial charge on any atom is 0.420 e. The van der Waals surface area contributed by atoms with Crippen molar-refractivity contribution < 1.29 is 13.9 Å². The number of hydrogen-bond donors (Lipinski definition) is 0. The van der Waals surface area contributed by atoms with Crippen LogP contribution in [0.15, 0.2) is 57.7 Å². The third kappa shape index (κ3) is 2.87. The Morgan fingerprint density at radius 1 is 1.19 bits per heavy atom. The number of oxazole rings is 1. The van der Waals surface area contributed by atoms with Crippen LogP contribution in [0.1, 0.15) is 0 Å². The largest absolute Gasteiger partial charge is 0.457 e. The van der Waals surface area contributed by atoms with Crippen LogP contribution in [-0.4, -0.2) is 34.7 Å². The molecule has 8 heteroatoms. The van der Waals surface area contributed by atoms with Gasteiger partial charge in [-0.25, -0.2) is 9.78 Å². The van der Waals surface area contributed by atoms with E-state index in [1.807, 2.05) is 24.3 Å². The van der Waals surface area contributed by atoms with Gasteiger partial charge in [-0.15, -0.1) is 0 Å². The second-order valence-corrected chi connectivity index (χ2v) is 7.41. The first-order valence-corrected chi connectivity index (χ1v) is 9.37. The van der Waals surface area contributed by atoms with Crippen molar-refractivity contribution in [2.45, 2.75) is 12.6 Å². The highest BCUT2D eigenvalue weighted by Crippen LogP contribution is 2.31. The highest BCUT2D eigenvalue weighted by Gasteiger charge is 2.32. The molecule has 0 amide bonds. The minimum absolute atomic E-state index is 0.159. The van der Waals surface area contributed by atoms with Gasteiger partial charge in [0.25, 0.3) is 0 Å². The van der Waals surface area contributed by atoms with Crippen molar-refractivity contribution in [1.29, 1.82) is 0 Å². The molecule has 0 N–H and O–H groups in total. The van der Waals surface area contributed by atoms with Crippen molar-refractivity contribution in [2.75, 3.05) is 18.0 Å². The van der Waals surface area contributed by atoms with E-state index < -0.39 is 11.7 Å². The first kappa shape index (κ1) is 16.1. The minimum Gasteiger partial charge on any atom is -0.457 e. The fourth-order valence-electron chi connectivity index (χ4n) is 3.18. The predicted molar refractivity (Wildman–Crippen MR) is 102 cm³/mol. The van der Waals surface area contributed by atoms with Crippen LogP contribution in [0.2, 0.25) is 0 Å². The normalized spacial score (nSPS) is 14.6.